The molecule has 0 saturated heterocycles. The molecule has 0 radical (unpaired) electrons. The van der Waals surface area contributed by atoms with Gasteiger partial charge in [0.05, 0.1) is 0 Å². The lowest BCUT2D eigenvalue weighted by atomic mass is 9.81. The highest BCUT2D eigenvalue weighted by Gasteiger charge is 2.35. The van der Waals surface area contributed by atoms with Crippen LogP contribution in [-0.2, 0) is 0 Å². The Labute approximate surface area is 62.9 Å². The van der Waals surface area contributed by atoms with Gasteiger partial charge in [-0.05, 0) is 12.8 Å². The van der Waals surface area contributed by atoms with Gasteiger partial charge in [0, 0.05) is 12.0 Å². The van der Waals surface area contributed by atoms with Gasteiger partial charge in [0.15, 0.2) is 0 Å². The summed E-state index contributed by atoms with van der Waals surface area (Å²) in [6.07, 6.45) is -1.57. The fourth-order valence-electron chi connectivity index (χ4n) is 1.19. The van der Waals surface area contributed by atoms with Gasteiger partial charge in [0.25, 0.3) is 0 Å². The molecule has 0 aromatic rings. The number of nitrogens with one attached hydrogen (secondary N) is 1. The van der Waals surface area contributed by atoms with Crippen LogP contribution >= 0.6 is 0 Å². The third kappa shape index (κ3) is 2.03. The van der Waals surface area contributed by atoms with Gasteiger partial charge in [-0.1, -0.05) is 0 Å². The normalized spacial score (nSPS) is 29.7. The van der Waals surface area contributed by atoms with Gasteiger partial charge < -0.3 is 11.1 Å². The predicted molar refractivity (Wildman–Crippen MR) is 35.2 cm³/mol. The molecule has 5 heteroatoms. The molecule has 1 aliphatic rings. The first kappa shape index (κ1) is 8.23. The zero-order chi connectivity index (χ0) is 8.43. The maximum Gasteiger partial charge on any atom is 0.312 e. The van der Waals surface area contributed by atoms with Crippen LogP contribution in [0.1, 0.15) is 12.8 Å². The van der Waals surface area contributed by atoms with Gasteiger partial charge in [0.1, 0.15) is 0 Å². The van der Waals surface area contributed by atoms with Crippen LogP contribution in [0.25, 0.3) is 0 Å². The number of carbonyl (C=O) groups is 1. The summed E-state index contributed by atoms with van der Waals surface area (Å²) in [7, 11) is 0. The van der Waals surface area contributed by atoms with Crippen LogP contribution in [0.2, 0.25) is 0 Å². The molecule has 0 atom stereocenters. The van der Waals surface area contributed by atoms with E-state index in [0.29, 0.717) is 12.8 Å². The van der Waals surface area contributed by atoms with Crippen molar-refractivity contribution in [1.29, 1.82) is 0 Å². The Morgan fingerprint density at radius 1 is 1.55 bits per heavy atom. The lowest BCUT2D eigenvalue weighted by molar-refractivity contribution is 0.0186. The molecule has 2 amide bonds. The fourth-order valence-corrected chi connectivity index (χ4v) is 1.19. The Hall–Kier alpha value is -0.870. The molecule has 3 N–H and O–H groups in total. The van der Waals surface area contributed by atoms with E-state index in [4.69, 9.17) is 5.73 Å². The lowest BCUT2D eigenvalue weighted by Gasteiger charge is -2.34. The van der Waals surface area contributed by atoms with Crippen molar-refractivity contribution in [2.75, 3.05) is 0 Å². The van der Waals surface area contributed by atoms with Crippen molar-refractivity contribution >= 4 is 6.03 Å². The number of primary amides is 1. The second-order valence-electron chi connectivity index (χ2n) is 2.77. The monoisotopic (exact) mass is 164 g/mol. The number of hydrogen-bond donors (Lipinski definition) is 2. The van der Waals surface area contributed by atoms with E-state index in [1.807, 2.05) is 0 Å². The van der Waals surface area contributed by atoms with Crippen LogP contribution in [-0.4, -0.2) is 18.5 Å². The van der Waals surface area contributed by atoms with Crippen molar-refractivity contribution in [2.24, 2.45) is 11.7 Å². The minimum Gasteiger partial charge on any atom is -0.352 e. The zero-order valence-electron chi connectivity index (χ0n) is 5.89. The Morgan fingerprint density at radius 2 is 2.09 bits per heavy atom. The number of carbonyl (C=O) groups excluding carboxylic acids is 1. The lowest BCUT2D eigenvalue weighted by Crippen LogP contribution is -2.48. The van der Waals surface area contributed by atoms with Crippen LogP contribution in [0.5, 0.6) is 0 Å². The molecule has 0 unspecified atom stereocenters. The minimum absolute atomic E-state index is 0.133. The number of urea groups is 1. The van der Waals surface area contributed by atoms with Crippen LogP contribution in [0.15, 0.2) is 0 Å². The Kier molecular flexibility index (Phi) is 2.26. The molecular formula is C6H10F2N2O. The van der Waals surface area contributed by atoms with Gasteiger partial charge in [-0.15, -0.1) is 0 Å². The van der Waals surface area contributed by atoms with Crippen molar-refractivity contribution in [3.05, 3.63) is 0 Å². The van der Waals surface area contributed by atoms with Gasteiger partial charge >= 0.3 is 6.03 Å². The third-order valence-electron chi connectivity index (χ3n) is 1.88. The predicted octanol–water partition coefficient (Wildman–Crippen LogP) is 0.698. The largest absolute Gasteiger partial charge is 0.352 e. The van der Waals surface area contributed by atoms with E-state index in [-0.39, 0.29) is 6.04 Å². The van der Waals surface area contributed by atoms with E-state index in [0.717, 1.165) is 0 Å². The highest BCUT2D eigenvalue weighted by molar-refractivity contribution is 5.72. The van der Waals surface area contributed by atoms with E-state index in [1.54, 1.807) is 0 Å². The highest BCUT2D eigenvalue weighted by atomic mass is 19.3. The second-order valence-corrected chi connectivity index (χ2v) is 2.77. The first-order valence-corrected chi connectivity index (χ1v) is 3.43. The van der Waals surface area contributed by atoms with E-state index in [1.165, 1.54) is 0 Å². The molecule has 1 rings (SSSR count). The molecule has 0 aromatic heterocycles. The summed E-state index contributed by atoms with van der Waals surface area (Å²) < 4.78 is 23.7. The third-order valence-corrected chi connectivity index (χ3v) is 1.88. The molecule has 11 heavy (non-hydrogen) atoms. The van der Waals surface area contributed by atoms with Crippen LogP contribution in [0.3, 0.4) is 0 Å². The number of nitrogens with two attached hydrogens (primary N) is 1. The molecule has 3 nitrogen and oxygen atoms in total. The number of alkyl halides is 2. The van der Waals surface area contributed by atoms with E-state index < -0.39 is 18.4 Å². The number of amides is 2. The van der Waals surface area contributed by atoms with Crippen LogP contribution in [0.4, 0.5) is 13.6 Å². The topological polar surface area (TPSA) is 55.1 Å². The average molecular weight is 164 g/mol. The van der Waals surface area contributed by atoms with Gasteiger partial charge in [-0.2, -0.15) is 0 Å². The molecule has 1 fully saturated rings. The maximum absolute atomic E-state index is 11.8. The Balaban J connectivity index is 2.14. The standard InChI is InChI=1S/C6H10F2N2O/c7-5(8)3-1-4(2-3)10-6(9)11/h3-5H,1-2H2,(H3,9,10,11). The van der Waals surface area contributed by atoms with E-state index >= 15 is 0 Å². The number of hydrogen-bond acceptors (Lipinski definition) is 1. The Bertz CT molecular complexity index is 157. The maximum atomic E-state index is 11.8. The second kappa shape index (κ2) is 3.02. The highest BCUT2D eigenvalue weighted by Crippen LogP contribution is 2.32. The van der Waals surface area contributed by atoms with Gasteiger partial charge in [-0.3, -0.25) is 0 Å². The molecular weight excluding hydrogens is 154 g/mol. The smallest absolute Gasteiger partial charge is 0.312 e. The summed E-state index contributed by atoms with van der Waals surface area (Å²) >= 11 is 0. The average Bonchev–Trinajstić information content (AvgIpc) is 1.75. The molecule has 64 valence electrons. The van der Waals surface area contributed by atoms with E-state index in [2.05, 4.69) is 5.32 Å². The molecule has 0 aliphatic heterocycles. The minimum atomic E-state index is -2.26. The van der Waals surface area contributed by atoms with Crippen molar-refractivity contribution in [3.63, 3.8) is 0 Å². The molecule has 0 spiro atoms. The summed E-state index contributed by atoms with van der Waals surface area (Å²) in [4.78, 5) is 10.2. The van der Waals surface area contributed by atoms with Crippen molar-refractivity contribution in [3.8, 4) is 0 Å². The van der Waals surface area contributed by atoms with Crippen molar-refractivity contribution < 1.29 is 13.6 Å². The SMILES string of the molecule is NC(=O)NC1CC(C(F)F)C1. The number of rotatable bonds is 2. The quantitative estimate of drug-likeness (QED) is 0.620. The fraction of sp³-hybridized carbons (Fsp3) is 0.833. The summed E-state index contributed by atoms with van der Waals surface area (Å²) in [6, 6.07) is -0.769. The van der Waals surface area contributed by atoms with E-state index in [9.17, 15) is 13.6 Å². The molecule has 1 saturated carbocycles. The molecule has 0 bridgehead atoms. The van der Waals surface area contributed by atoms with Crippen LogP contribution in [0, 0.1) is 5.92 Å². The summed E-state index contributed by atoms with van der Waals surface area (Å²) in [5.74, 6) is -0.549. The first-order chi connectivity index (χ1) is 5.09. The Morgan fingerprint density at radius 3 is 2.45 bits per heavy atom. The number of halogens is 2. The summed E-state index contributed by atoms with van der Waals surface area (Å²) in [5, 5.41) is 2.37. The molecule has 1 aliphatic carbocycles. The summed E-state index contributed by atoms with van der Waals surface area (Å²) in [5.41, 5.74) is 4.79. The van der Waals surface area contributed by atoms with Gasteiger partial charge in [-0.25, -0.2) is 13.6 Å². The van der Waals surface area contributed by atoms with Crippen molar-refractivity contribution in [1.82, 2.24) is 5.32 Å². The first-order valence-electron chi connectivity index (χ1n) is 3.43. The summed E-state index contributed by atoms with van der Waals surface area (Å²) in [6.45, 7) is 0. The van der Waals surface area contributed by atoms with Gasteiger partial charge in [0.2, 0.25) is 6.43 Å². The molecule has 0 heterocycles. The van der Waals surface area contributed by atoms with Crippen LogP contribution < -0.4 is 11.1 Å². The zero-order valence-corrected chi connectivity index (χ0v) is 5.89. The molecule has 0 aromatic carbocycles. The van der Waals surface area contributed by atoms with Crippen molar-refractivity contribution in [2.45, 2.75) is 25.3 Å².